The standard InChI is InChI=1S/C52H35N3/c1-34-13-10-24-45-49-44-23-9-8-16-37(44)29-30-46(49)51(55-50(34)45)42-21-11-19-40(31-42)36-25-27-39(28-26-36)48-33-47(38-17-6-3-7-18-38)53-52(54-48)43-22-12-20-41(32-43)35-14-4-2-5-15-35/h2-33H,1H3. The number of aromatic nitrogens is 3. The van der Waals surface area contributed by atoms with E-state index in [4.69, 9.17) is 15.0 Å². The average Bonchev–Trinajstić information content (AvgIpc) is 3.26. The Morgan fingerprint density at radius 2 is 0.855 bits per heavy atom. The first-order valence-electron chi connectivity index (χ1n) is 18.7. The first-order valence-corrected chi connectivity index (χ1v) is 18.7. The highest BCUT2D eigenvalue weighted by Gasteiger charge is 2.16. The van der Waals surface area contributed by atoms with Crippen molar-refractivity contribution in [2.24, 2.45) is 0 Å². The summed E-state index contributed by atoms with van der Waals surface area (Å²) in [5, 5.41) is 6.08. The normalized spacial score (nSPS) is 11.4. The maximum absolute atomic E-state index is 5.34. The van der Waals surface area contributed by atoms with Crippen LogP contribution >= 0.6 is 0 Å². The van der Waals surface area contributed by atoms with Gasteiger partial charge in [-0.2, -0.15) is 0 Å². The molecule has 2 aromatic heterocycles. The van der Waals surface area contributed by atoms with Crippen LogP contribution in [0.5, 0.6) is 0 Å². The van der Waals surface area contributed by atoms with E-state index in [1.165, 1.54) is 27.1 Å². The van der Waals surface area contributed by atoms with Gasteiger partial charge in [0.2, 0.25) is 0 Å². The van der Waals surface area contributed by atoms with Crippen LogP contribution in [0, 0.1) is 6.92 Å². The number of nitrogens with zero attached hydrogens (tertiary/aromatic N) is 3. The maximum Gasteiger partial charge on any atom is 0.160 e. The van der Waals surface area contributed by atoms with Crippen molar-refractivity contribution in [3.63, 3.8) is 0 Å². The van der Waals surface area contributed by atoms with Gasteiger partial charge in [-0.05, 0) is 63.7 Å². The third kappa shape index (κ3) is 6.02. The Bertz CT molecular complexity index is 3020. The highest BCUT2D eigenvalue weighted by molar-refractivity contribution is 6.22. The predicted octanol–water partition coefficient (Wildman–Crippen LogP) is 13.6. The summed E-state index contributed by atoms with van der Waals surface area (Å²) in [6.45, 7) is 2.15. The molecule has 258 valence electrons. The van der Waals surface area contributed by atoms with Gasteiger partial charge in [0.25, 0.3) is 0 Å². The molecule has 10 aromatic rings. The molecular formula is C52H35N3. The summed E-state index contributed by atoms with van der Waals surface area (Å²) in [5.74, 6) is 0.698. The number of aryl methyl sites for hydroxylation is 1. The fraction of sp³-hybridized carbons (Fsp3) is 0.0192. The van der Waals surface area contributed by atoms with Gasteiger partial charge in [-0.25, -0.2) is 15.0 Å². The molecule has 3 heteroatoms. The van der Waals surface area contributed by atoms with Crippen molar-refractivity contribution < 1.29 is 0 Å². The second-order valence-electron chi connectivity index (χ2n) is 14.1. The van der Waals surface area contributed by atoms with Gasteiger partial charge in [-0.3, -0.25) is 0 Å². The minimum Gasteiger partial charge on any atom is -0.247 e. The molecule has 0 saturated heterocycles. The van der Waals surface area contributed by atoms with Crippen LogP contribution in [0.15, 0.2) is 194 Å². The van der Waals surface area contributed by atoms with E-state index >= 15 is 0 Å². The monoisotopic (exact) mass is 701 g/mol. The van der Waals surface area contributed by atoms with Gasteiger partial charge in [0.05, 0.1) is 22.6 Å². The molecule has 0 saturated carbocycles. The molecule has 3 nitrogen and oxygen atoms in total. The predicted molar refractivity (Wildman–Crippen MR) is 230 cm³/mol. The highest BCUT2D eigenvalue weighted by atomic mass is 14.9. The van der Waals surface area contributed by atoms with E-state index in [9.17, 15) is 0 Å². The number of pyridine rings is 1. The summed E-state index contributed by atoms with van der Waals surface area (Å²) < 4.78 is 0. The molecule has 0 fully saturated rings. The second-order valence-corrected chi connectivity index (χ2v) is 14.1. The summed E-state index contributed by atoms with van der Waals surface area (Å²) in [5.41, 5.74) is 13.7. The molecule has 10 rings (SSSR count). The first kappa shape index (κ1) is 32.4. The molecule has 0 bridgehead atoms. The van der Waals surface area contributed by atoms with Crippen LogP contribution in [0.2, 0.25) is 0 Å². The van der Waals surface area contributed by atoms with Crippen LogP contribution in [0.25, 0.3) is 99.9 Å². The van der Waals surface area contributed by atoms with E-state index in [0.717, 1.165) is 72.5 Å². The summed E-state index contributed by atoms with van der Waals surface area (Å²) in [7, 11) is 0. The van der Waals surface area contributed by atoms with E-state index in [0.29, 0.717) is 5.82 Å². The Morgan fingerprint density at radius 3 is 1.60 bits per heavy atom. The molecule has 8 aromatic carbocycles. The zero-order valence-electron chi connectivity index (χ0n) is 30.3. The Balaban J connectivity index is 1.05. The van der Waals surface area contributed by atoms with Gasteiger partial charge in [-0.15, -0.1) is 0 Å². The second kappa shape index (κ2) is 13.6. The lowest BCUT2D eigenvalue weighted by Crippen LogP contribution is -1.96. The molecule has 55 heavy (non-hydrogen) atoms. The smallest absolute Gasteiger partial charge is 0.160 e. The molecule has 0 aliphatic rings. The van der Waals surface area contributed by atoms with Crippen molar-refractivity contribution in [1.82, 2.24) is 15.0 Å². The topological polar surface area (TPSA) is 38.7 Å². The first-order chi connectivity index (χ1) is 27.2. The third-order valence-corrected chi connectivity index (χ3v) is 10.6. The van der Waals surface area contributed by atoms with E-state index in [1.807, 2.05) is 12.1 Å². The van der Waals surface area contributed by atoms with E-state index in [2.05, 4.69) is 189 Å². The van der Waals surface area contributed by atoms with Crippen LogP contribution in [-0.2, 0) is 0 Å². The van der Waals surface area contributed by atoms with Crippen molar-refractivity contribution in [3.8, 4) is 67.4 Å². The van der Waals surface area contributed by atoms with Gasteiger partial charge in [-0.1, -0.05) is 176 Å². The van der Waals surface area contributed by atoms with Gasteiger partial charge in [0, 0.05) is 38.4 Å². The van der Waals surface area contributed by atoms with Gasteiger partial charge < -0.3 is 0 Å². The molecule has 0 aliphatic carbocycles. The van der Waals surface area contributed by atoms with Crippen LogP contribution in [0.4, 0.5) is 0 Å². The van der Waals surface area contributed by atoms with Crippen LogP contribution in [-0.4, -0.2) is 15.0 Å². The fourth-order valence-electron chi connectivity index (χ4n) is 7.79. The molecule has 0 radical (unpaired) electrons. The van der Waals surface area contributed by atoms with Crippen molar-refractivity contribution in [3.05, 3.63) is 200 Å². The lowest BCUT2D eigenvalue weighted by Gasteiger charge is -2.14. The Morgan fingerprint density at radius 1 is 0.327 bits per heavy atom. The zero-order valence-corrected chi connectivity index (χ0v) is 30.3. The van der Waals surface area contributed by atoms with E-state index < -0.39 is 0 Å². The minimum absolute atomic E-state index is 0.698. The zero-order chi connectivity index (χ0) is 36.7. The highest BCUT2D eigenvalue weighted by Crippen LogP contribution is 2.39. The number of para-hydroxylation sites is 1. The number of hydrogen-bond donors (Lipinski definition) is 0. The molecule has 0 N–H and O–H groups in total. The number of rotatable bonds is 6. The number of fused-ring (bicyclic) bond motifs is 5. The molecule has 0 atom stereocenters. The SMILES string of the molecule is Cc1cccc2c1nc(-c1cccc(-c3ccc(-c4cc(-c5ccccc5)nc(-c5cccc(-c6ccccc6)c5)n4)cc3)c1)c1ccc3ccccc3c12. The van der Waals surface area contributed by atoms with Crippen LogP contribution in [0.1, 0.15) is 5.56 Å². The van der Waals surface area contributed by atoms with Crippen molar-refractivity contribution in [2.75, 3.05) is 0 Å². The summed E-state index contributed by atoms with van der Waals surface area (Å²) in [4.78, 5) is 15.6. The van der Waals surface area contributed by atoms with Crippen molar-refractivity contribution in [2.45, 2.75) is 6.92 Å². The Labute approximate surface area is 320 Å². The molecule has 0 aliphatic heterocycles. The summed E-state index contributed by atoms with van der Waals surface area (Å²) in [6.07, 6.45) is 0. The number of hydrogen-bond acceptors (Lipinski definition) is 3. The average molecular weight is 702 g/mol. The van der Waals surface area contributed by atoms with E-state index in [-0.39, 0.29) is 0 Å². The quantitative estimate of drug-likeness (QED) is 0.162. The molecule has 0 amide bonds. The van der Waals surface area contributed by atoms with E-state index in [1.54, 1.807) is 0 Å². The summed E-state index contributed by atoms with van der Waals surface area (Å²) >= 11 is 0. The molecular weight excluding hydrogens is 667 g/mol. The van der Waals surface area contributed by atoms with Crippen LogP contribution in [0.3, 0.4) is 0 Å². The third-order valence-electron chi connectivity index (χ3n) is 10.6. The largest absolute Gasteiger partial charge is 0.247 e. The summed E-state index contributed by atoms with van der Waals surface area (Å²) in [6, 6.07) is 68.4. The molecule has 2 heterocycles. The van der Waals surface area contributed by atoms with Crippen LogP contribution < -0.4 is 0 Å². The molecule has 0 unspecified atom stereocenters. The lowest BCUT2D eigenvalue weighted by atomic mass is 9.93. The fourth-order valence-corrected chi connectivity index (χ4v) is 7.79. The Hall–Kier alpha value is -7.23. The molecule has 0 spiro atoms. The van der Waals surface area contributed by atoms with Gasteiger partial charge in [0.15, 0.2) is 5.82 Å². The van der Waals surface area contributed by atoms with Gasteiger partial charge >= 0.3 is 0 Å². The van der Waals surface area contributed by atoms with Crippen molar-refractivity contribution in [1.29, 1.82) is 0 Å². The van der Waals surface area contributed by atoms with Gasteiger partial charge in [0.1, 0.15) is 0 Å². The minimum atomic E-state index is 0.698. The number of benzene rings is 8. The van der Waals surface area contributed by atoms with Crippen molar-refractivity contribution >= 4 is 32.4 Å². The lowest BCUT2D eigenvalue weighted by molar-refractivity contribution is 1.18. The Kier molecular flexibility index (Phi) is 8.04. The maximum atomic E-state index is 5.34.